The van der Waals surface area contributed by atoms with Crippen LogP contribution in [0, 0.1) is 0 Å². The van der Waals surface area contributed by atoms with Crippen molar-refractivity contribution < 1.29 is 19.7 Å². The number of unbranched alkanes of at least 4 members (excludes halogenated alkanes) is 18. The molecule has 1 atom stereocenters. The lowest BCUT2D eigenvalue weighted by molar-refractivity contribution is 0.194. The minimum Gasteiger partial charge on any atom is -0.508 e. The molecule has 0 aliphatic carbocycles. The molecule has 1 aliphatic rings. The van der Waals surface area contributed by atoms with Gasteiger partial charge in [0.15, 0.2) is 11.5 Å². The molecule has 2 N–H and O–H groups in total. The quantitative estimate of drug-likeness (QED) is 0.0912. The van der Waals surface area contributed by atoms with Crippen molar-refractivity contribution in [3.8, 4) is 17.2 Å². The Morgan fingerprint density at radius 3 is 1.53 bits per heavy atom. The summed E-state index contributed by atoms with van der Waals surface area (Å²) in [6, 6.07) is 13.6. The summed E-state index contributed by atoms with van der Waals surface area (Å²) in [5.41, 5.74) is 2.16. The molecule has 0 saturated carbocycles. The minimum absolute atomic E-state index is 0.0802. The Morgan fingerprint density at radius 2 is 1.04 bits per heavy atom. The van der Waals surface area contributed by atoms with Gasteiger partial charge in [0.2, 0.25) is 0 Å². The van der Waals surface area contributed by atoms with E-state index in [4.69, 9.17) is 9.47 Å². The van der Waals surface area contributed by atoms with E-state index < -0.39 is 6.10 Å². The summed E-state index contributed by atoms with van der Waals surface area (Å²) in [6.45, 7) is 5.95. The molecule has 0 amide bonds. The molecule has 2 aromatic carbocycles. The van der Waals surface area contributed by atoms with Crippen molar-refractivity contribution in [3.05, 3.63) is 53.6 Å². The van der Waals surface area contributed by atoms with Crippen LogP contribution < -0.4 is 9.47 Å². The van der Waals surface area contributed by atoms with Crippen LogP contribution in [0.4, 0.5) is 0 Å². The van der Waals surface area contributed by atoms with Crippen LogP contribution in [0.2, 0.25) is 0 Å². The van der Waals surface area contributed by atoms with Crippen LogP contribution >= 0.6 is 23.5 Å². The molecule has 1 heterocycles. The molecule has 1 unspecified atom stereocenters. The third-order valence-corrected chi connectivity index (χ3v) is 12.5. The Morgan fingerprint density at radius 1 is 0.596 bits per heavy atom. The average Bonchev–Trinajstić information content (AvgIpc) is 3.10. The van der Waals surface area contributed by atoms with Crippen LogP contribution in [0.1, 0.15) is 165 Å². The summed E-state index contributed by atoms with van der Waals surface area (Å²) >= 11 is 3.65. The Hall–Kier alpha value is -1.50. The summed E-state index contributed by atoms with van der Waals surface area (Å²) in [4.78, 5) is 0. The highest BCUT2D eigenvalue weighted by Crippen LogP contribution is 2.45. The molecule has 1 fully saturated rings. The monoisotopic (exact) mass is 686 g/mol. The molecule has 3 rings (SSSR count). The van der Waals surface area contributed by atoms with Crippen molar-refractivity contribution in [3.63, 3.8) is 0 Å². The number of aliphatic hydroxyl groups is 1. The van der Waals surface area contributed by atoms with Crippen molar-refractivity contribution in [1.82, 2.24) is 0 Å². The fourth-order valence-electron chi connectivity index (χ4n) is 6.28. The van der Waals surface area contributed by atoms with E-state index in [2.05, 4.69) is 13.8 Å². The van der Waals surface area contributed by atoms with Gasteiger partial charge in [0.05, 0.1) is 17.8 Å². The predicted molar refractivity (Wildman–Crippen MR) is 206 cm³/mol. The number of benzene rings is 2. The predicted octanol–water partition coefficient (Wildman–Crippen LogP) is 12.6. The number of phenols is 1. The third kappa shape index (κ3) is 16.6. The third-order valence-electron chi connectivity index (χ3n) is 9.37. The van der Waals surface area contributed by atoms with E-state index >= 15 is 0 Å². The van der Waals surface area contributed by atoms with Crippen LogP contribution in [-0.2, 0) is 0 Å². The molecule has 0 bridgehead atoms. The molecule has 0 aromatic heterocycles. The largest absolute Gasteiger partial charge is 0.508 e. The van der Waals surface area contributed by atoms with E-state index in [0.29, 0.717) is 24.9 Å². The number of aliphatic hydroxyl groups excluding tert-OH is 1. The van der Waals surface area contributed by atoms with E-state index in [9.17, 15) is 10.2 Å². The SMILES string of the molecule is CCCCCCCCCCCCOc1ccc(C(O)C2SCC(c3ccc(O)cc3)CS2)cc1OCCCCCCCCCCCC. The molecule has 1 aliphatic heterocycles. The second-order valence-electron chi connectivity index (χ2n) is 13.5. The first-order valence-corrected chi connectivity index (χ1v) is 21.3. The maximum absolute atomic E-state index is 11.4. The van der Waals surface area contributed by atoms with E-state index in [0.717, 1.165) is 41.4 Å². The molecule has 266 valence electrons. The highest BCUT2D eigenvalue weighted by molar-refractivity contribution is 8.17. The topological polar surface area (TPSA) is 58.9 Å². The zero-order valence-corrected chi connectivity index (χ0v) is 31.4. The van der Waals surface area contributed by atoms with Crippen molar-refractivity contribution >= 4 is 23.5 Å². The van der Waals surface area contributed by atoms with Crippen LogP contribution in [0.3, 0.4) is 0 Å². The van der Waals surface area contributed by atoms with Gasteiger partial charge in [-0.05, 0) is 48.2 Å². The van der Waals surface area contributed by atoms with Crippen molar-refractivity contribution in [1.29, 1.82) is 0 Å². The number of ether oxygens (including phenoxy) is 2. The molecule has 47 heavy (non-hydrogen) atoms. The second kappa shape index (κ2) is 25.5. The van der Waals surface area contributed by atoms with Crippen LogP contribution in [-0.4, -0.2) is 39.5 Å². The van der Waals surface area contributed by atoms with Gasteiger partial charge in [-0.25, -0.2) is 0 Å². The maximum atomic E-state index is 11.4. The molecule has 1 saturated heterocycles. The standard InChI is InChI=1S/C41H66O4S2/c1-3-5-7-9-11-13-15-17-19-21-29-44-38-28-25-35(31-39(38)45-30-22-20-18-16-14-12-10-8-6-4-2)40(43)41-46-32-36(33-47-41)34-23-26-37(42)27-24-34/h23-28,31,36,40-43H,3-22,29-30,32-33H2,1-2H3. The Labute approximate surface area is 296 Å². The molecule has 0 spiro atoms. The lowest BCUT2D eigenvalue weighted by Gasteiger charge is -2.31. The lowest BCUT2D eigenvalue weighted by Crippen LogP contribution is -2.21. The first-order valence-electron chi connectivity index (χ1n) is 19.2. The highest BCUT2D eigenvalue weighted by atomic mass is 32.2. The number of rotatable bonds is 27. The van der Waals surface area contributed by atoms with Gasteiger partial charge < -0.3 is 19.7 Å². The Bertz CT molecular complexity index is 1040. The van der Waals surface area contributed by atoms with Gasteiger partial charge in [-0.3, -0.25) is 0 Å². The van der Waals surface area contributed by atoms with E-state index in [1.165, 1.54) is 121 Å². The molecular formula is C41H66O4S2. The fraction of sp³-hybridized carbons (Fsp3) is 0.707. The second-order valence-corrected chi connectivity index (χ2v) is 16.2. The van der Waals surface area contributed by atoms with Gasteiger partial charge in [-0.15, -0.1) is 23.5 Å². The number of thioether (sulfide) groups is 2. The molecule has 0 radical (unpaired) electrons. The van der Waals surface area contributed by atoms with Gasteiger partial charge in [0.25, 0.3) is 0 Å². The maximum Gasteiger partial charge on any atom is 0.161 e. The summed E-state index contributed by atoms with van der Waals surface area (Å²) in [7, 11) is 0. The van der Waals surface area contributed by atoms with Gasteiger partial charge in [0.1, 0.15) is 11.9 Å². The molecule has 2 aromatic rings. The highest BCUT2D eigenvalue weighted by Gasteiger charge is 2.30. The van der Waals surface area contributed by atoms with Gasteiger partial charge in [-0.2, -0.15) is 0 Å². The molecule has 6 heteroatoms. The Kier molecular flexibility index (Phi) is 21.6. The van der Waals surface area contributed by atoms with Crippen molar-refractivity contribution in [2.45, 2.75) is 159 Å². The first kappa shape index (κ1) is 39.9. The van der Waals surface area contributed by atoms with Crippen LogP contribution in [0.5, 0.6) is 17.2 Å². The zero-order valence-electron chi connectivity index (χ0n) is 29.8. The van der Waals surface area contributed by atoms with E-state index in [1.807, 2.05) is 53.9 Å². The summed E-state index contributed by atoms with van der Waals surface area (Å²) in [5, 5.41) is 21.1. The van der Waals surface area contributed by atoms with Crippen LogP contribution in [0.25, 0.3) is 0 Å². The fourth-order valence-corrected chi connectivity index (χ4v) is 9.43. The Balaban J connectivity index is 1.45. The minimum atomic E-state index is -0.568. The van der Waals surface area contributed by atoms with Crippen molar-refractivity contribution in [2.24, 2.45) is 0 Å². The lowest BCUT2D eigenvalue weighted by atomic mass is 10.0. The molecule has 4 nitrogen and oxygen atoms in total. The number of aromatic hydroxyl groups is 1. The number of hydrogen-bond acceptors (Lipinski definition) is 6. The van der Waals surface area contributed by atoms with Gasteiger partial charge in [-0.1, -0.05) is 148 Å². The first-order chi connectivity index (χ1) is 23.1. The summed E-state index contributed by atoms with van der Waals surface area (Å²) in [6.07, 6.45) is 25.6. The van der Waals surface area contributed by atoms with Gasteiger partial charge in [0, 0.05) is 17.4 Å². The van der Waals surface area contributed by atoms with Crippen LogP contribution in [0.15, 0.2) is 42.5 Å². The summed E-state index contributed by atoms with van der Waals surface area (Å²) in [5.74, 6) is 4.23. The van der Waals surface area contributed by atoms with Gasteiger partial charge >= 0.3 is 0 Å². The van der Waals surface area contributed by atoms with E-state index in [-0.39, 0.29) is 4.58 Å². The van der Waals surface area contributed by atoms with E-state index in [1.54, 1.807) is 12.1 Å². The summed E-state index contributed by atoms with van der Waals surface area (Å²) < 4.78 is 12.7. The average molecular weight is 687 g/mol. The molecular weight excluding hydrogens is 621 g/mol. The normalized spacial score (nSPS) is 17.1. The number of phenolic OH excluding ortho intramolecular Hbond substituents is 1. The van der Waals surface area contributed by atoms with Crippen molar-refractivity contribution in [2.75, 3.05) is 24.7 Å². The number of hydrogen-bond donors (Lipinski definition) is 2. The smallest absolute Gasteiger partial charge is 0.161 e. The zero-order chi connectivity index (χ0) is 33.4.